The van der Waals surface area contributed by atoms with Crippen molar-refractivity contribution in [1.82, 2.24) is 14.5 Å². The lowest BCUT2D eigenvalue weighted by Gasteiger charge is -2.25. The SMILES string of the molecule is CCCCn1c(N)c(N(CC(C)C)C(=O)c2csc(-c3ccc(C)cc3)n2)c(=O)[nH]c1=O. The number of aromatic amines is 1. The average molecular weight is 456 g/mol. The molecular formula is C23H29N5O3S. The Morgan fingerprint density at radius 3 is 2.56 bits per heavy atom. The van der Waals surface area contributed by atoms with Crippen LogP contribution < -0.4 is 21.9 Å². The second-order valence-corrected chi connectivity index (χ2v) is 9.07. The Balaban J connectivity index is 2.04. The van der Waals surface area contributed by atoms with Crippen LogP contribution >= 0.6 is 11.3 Å². The van der Waals surface area contributed by atoms with E-state index in [1.165, 1.54) is 20.8 Å². The Morgan fingerprint density at radius 1 is 1.25 bits per heavy atom. The van der Waals surface area contributed by atoms with E-state index in [2.05, 4.69) is 9.97 Å². The summed E-state index contributed by atoms with van der Waals surface area (Å²) in [6, 6.07) is 7.90. The van der Waals surface area contributed by atoms with Crippen molar-refractivity contribution in [1.29, 1.82) is 0 Å². The van der Waals surface area contributed by atoms with Crippen LogP contribution in [0.15, 0.2) is 39.2 Å². The molecule has 170 valence electrons. The smallest absolute Gasteiger partial charge is 0.330 e. The van der Waals surface area contributed by atoms with Crippen LogP contribution in [-0.4, -0.2) is 27.0 Å². The third kappa shape index (κ3) is 4.99. The van der Waals surface area contributed by atoms with Crippen LogP contribution in [0.1, 0.15) is 49.7 Å². The highest BCUT2D eigenvalue weighted by atomic mass is 32.1. The minimum Gasteiger partial charge on any atom is -0.383 e. The highest BCUT2D eigenvalue weighted by molar-refractivity contribution is 7.13. The molecule has 0 aliphatic heterocycles. The number of amides is 1. The number of H-pyrrole nitrogens is 1. The number of aryl methyl sites for hydroxylation is 1. The summed E-state index contributed by atoms with van der Waals surface area (Å²) < 4.78 is 1.32. The van der Waals surface area contributed by atoms with E-state index < -0.39 is 17.2 Å². The number of unbranched alkanes of at least 4 members (excludes halogenated alkanes) is 1. The summed E-state index contributed by atoms with van der Waals surface area (Å²) in [6.07, 6.45) is 1.58. The van der Waals surface area contributed by atoms with Gasteiger partial charge >= 0.3 is 5.69 Å². The van der Waals surface area contributed by atoms with Crippen LogP contribution in [-0.2, 0) is 6.54 Å². The quantitative estimate of drug-likeness (QED) is 0.538. The van der Waals surface area contributed by atoms with Gasteiger partial charge < -0.3 is 5.73 Å². The molecule has 0 spiro atoms. The maximum atomic E-state index is 13.5. The maximum Gasteiger partial charge on any atom is 0.330 e. The van der Waals surface area contributed by atoms with Crippen molar-refractivity contribution >= 4 is 28.7 Å². The molecule has 3 aromatic rings. The summed E-state index contributed by atoms with van der Waals surface area (Å²) >= 11 is 1.36. The summed E-state index contributed by atoms with van der Waals surface area (Å²) in [6.45, 7) is 8.51. The fraction of sp³-hybridized carbons (Fsp3) is 0.391. The lowest BCUT2D eigenvalue weighted by atomic mass is 10.1. The van der Waals surface area contributed by atoms with E-state index in [4.69, 9.17) is 5.73 Å². The second kappa shape index (κ2) is 9.95. The minimum atomic E-state index is -0.678. The average Bonchev–Trinajstić information content (AvgIpc) is 3.22. The van der Waals surface area contributed by atoms with Crippen molar-refractivity contribution in [3.05, 3.63) is 61.7 Å². The number of carbonyl (C=O) groups is 1. The number of anilines is 2. The number of nitrogens with zero attached hydrogens (tertiary/aromatic N) is 3. The molecule has 0 fully saturated rings. The van der Waals surface area contributed by atoms with Crippen LogP contribution in [0.4, 0.5) is 11.5 Å². The van der Waals surface area contributed by atoms with Gasteiger partial charge in [0, 0.05) is 24.0 Å². The summed E-state index contributed by atoms with van der Waals surface area (Å²) in [5, 5.41) is 2.40. The molecule has 0 saturated carbocycles. The van der Waals surface area contributed by atoms with Crippen molar-refractivity contribution in [2.45, 2.75) is 47.1 Å². The zero-order chi connectivity index (χ0) is 23.4. The minimum absolute atomic E-state index is 0.00446. The van der Waals surface area contributed by atoms with Gasteiger partial charge in [0.25, 0.3) is 11.5 Å². The van der Waals surface area contributed by atoms with Crippen LogP contribution in [0.25, 0.3) is 10.6 Å². The first-order valence-corrected chi connectivity index (χ1v) is 11.6. The van der Waals surface area contributed by atoms with Crippen molar-refractivity contribution in [2.75, 3.05) is 17.2 Å². The summed E-state index contributed by atoms with van der Waals surface area (Å²) in [5.41, 5.74) is 7.29. The number of carbonyl (C=O) groups excluding carboxylic acids is 1. The number of nitrogen functional groups attached to an aromatic ring is 1. The molecule has 0 atom stereocenters. The second-order valence-electron chi connectivity index (χ2n) is 8.21. The van der Waals surface area contributed by atoms with Crippen molar-refractivity contribution in [2.24, 2.45) is 5.92 Å². The number of thiazole rings is 1. The van der Waals surface area contributed by atoms with Gasteiger partial charge in [0.15, 0.2) is 5.69 Å². The first-order valence-electron chi connectivity index (χ1n) is 10.7. The summed E-state index contributed by atoms with van der Waals surface area (Å²) in [4.78, 5) is 46.7. The molecule has 9 heteroatoms. The van der Waals surface area contributed by atoms with Gasteiger partial charge in [-0.25, -0.2) is 9.78 Å². The molecule has 3 N–H and O–H groups in total. The van der Waals surface area contributed by atoms with Gasteiger partial charge in [-0.15, -0.1) is 11.3 Å². The number of rotatable bonds is 8. The third-order valence-corrected chi connectivity index (χ3v) is 5.93. The van der Waals surface area contributed by atoms with Crippen LogP contribution in [0.2, 0.25) is 0 Å². The third-order valence-electron chi connectivity index (χ3n) is 5.03. The number of hydrogen-bond acceptors (Lipinski definition) is 6. The van der Waals surface area contributed by atoms with E-state index in [0.717, 1.165) is 24.0 Å². The van der Waals surface area contributed by atoms with Gasteiger partial charge in [-0.05, 0) is 19.3 Å². The topological polar surface area (TPSA) is 114 Å². The van der Waals surface area contributed by atoms with Gasteiger partial charge in [-0.1, -0.05) is 57.0 Å². The molecule has 0 unspecified atom stereocenters. The first-order chi connectivity index (χ1) is 15.2. The fourth-order valence-electron chi connectivity index (χ4n) is 3.36. The molecule has 0 saturated heterocycles. The molecule has 8 nitrogen and oxygen atoms in total. The highest BCUT2D eigenvalue weighted by Gasteiger charge is 2.27. The van der Waals surface area contributed by atoms with E-state index in [-0.39, 0.29) is 29.7 Å². The Morgan fingerprint density at radius 2 is 1.94 bits per heavy atom. The van der Waals surface area contributed by atoms with Gasteiger partial charge in [0.1, 0.15) is 16.5 Å². The van der Waals surface area contributed by atoms with Crippen molar-refractivity contribution < 1.29 is 4.79 Å². The summed E-state index contributed by atoms with van der Waals surface area (Å²) in [5.74, 6) is -0.370. The molecule has 32 heavy (non-hydrogen) atoms. The first kappa shape index (κ1) is 23.5. The number of aromatic nitrogens is 3. The van der Waals surface area contributed by atoms with E-state index in [1.807, 2.05) is 52.0 Å². The van der Waals surface area contributed by atoms with Gasteiger partial charge in [-0.3, -0.25) is 24.0 Å². The molecule has 2 aromatic heterocycles. The van der Waals surface area contributed by atoms with E-state index in [9.17, 15) is 14.4 Å². The summed E-state index contributed by atoms with van der Waals surface area (Å²) in [7, 11) is 0. The van der Waals surface area contributed by atoms with Crippen molar-refractivity contribution in [3.8, 4) is 10.6 Å². The predicted molar refractivity (Wildman–Crippen MR) is 129 cm³/mol. The molecular weight excluding hydrogens is 426 g/mol. The molecule has 0 aliphatic carbocycles. The number of nitrogens with one attached hydrogen (secondary N) is 1. The standard InChI is InChI=1S/C23H29N5O3S/c1-5-6-11-27-19(24)18(20(29)26-23(27)31)28(12-14(2)3)22(30)17-13-32-21(25-17)16-9-7-15(4)8-10-16/h7-10,13-14H,5-6,11-12,24H2,1-4H3,(H,26,29,31). The Bertz CT molecular complexity index is 1210. The number of hydrogen-bond donors (Lipinski definition) is 2. The Kier molecular flexibility index (Phi) is 7.29. The largest absolute Gasteiger partial charge is 0.383 e. The maximum absolute atomic E-state index is 13.5. The van der Waals surface area contributed by atoms with Crippen LogP contribution in [0.5, 0.6) is 0 Å². The molecule has 3 rings (SSSR count). The van der Waals surface area contributed by atoms with Crippen LogP contribution in [0, 0.1) is 12.8 Å². The van der Waals surface area contributed by atoms with E-state index in [0.29, 0.717) is 11.6 Å². The lowest BCUT2D eigenvalue weighted by Crippen LogP contribution is -2.42. The molecule has 0 bridgehead atoms. The van der Waals surface area contributed by atoms with Gasteiger partial charge in [0.2, 0.25) is 0 Å². The molecule has 0 radical (unpaired) electrons. The number of benzene rings is 1. The zero-order valence-corrected chi connectivity index (χ0v) is 19.7. The van der Waals surface area contributed by atoms with E-state index >= 15 is 0 Å². The lowest BCUT2D eigenvalue weighted by molar-refractivity contribution is 0.0979. The van der Waals surface area contributed by atoms with E-state index in [1.54, 1.807) is 5.38 Å². The monoisotopic (exact) mass is 455 g/mol. The zero-order valence-electron chi connectivity index (χ0n) is 18.8. The molecule has 1 amide bonds. The molecule has 0 aliphatic rings. The molecule has 1 aromatic carbocycles. The highest BCUT2D eigenvalue weighted by Crippen LogP contribution is 2.26. The fourth-order valence-corrected chi connectivity index (χ4v) is 4.16. The Hall–Kier alpha value is -3.20. The number of nitrogens with two attached hydrogens (primary N) is 1. The van der Waals surface area contributed by atoms with Gasteiger partial charge in [-0.2, -0.15) is 0 Å². The van der Waals surface area contributed by atoms with Crippen LogP contribution in [0.3, 0.4) is 0 Å². The van der Waals surface area contributed by atoms with Crippen molar-refractivity contribution in [3.63, 3.8) is 0 Å². The van der Waals surface area contributed by atoms with Gasteiger partial charge in [0.05, 0.1) is 0 Å². The Labute approximate surface area is 190 Å². The molecule has 2 heterocycles. The predicted octanol–water partition coefficient (Wildman–Crippen LogP) is 3.65. The normalized spacial score (nSPS) is 11.2.